The highest BCUT2D eigenvalue weighted by Crippen LogP contribution is 2.39. The van der Waals surface area contributed by atoms with E-state index in [1.165, 1.54) is 30.0 Å². The molecule has 0 saturated heterocycles. The summed E-state index contributed by atoms with van der Waals surface area (Å²) in [5.41, 5.74) is 0.318. The molecule has 1 heterocycles. The minimum Gasteiger partial charge on any atom is -0.405 e. The zero-order valence-electron chi connectivity index (χ0n) is 8.00. The summed E-state index contributed by atoms with van der Waals surface area (Å²) < 4.78 is 40.2. The molecule has 1 aliphatic heterocycles. The predicted molar refractivity (Wildman–Crippen MR) is 52.8 cm³/mol. The first kappa shape index (κ1) is 11.3. The number of carbonyl (C=O) groups is 1. The maximum atomic E-state index is 12.1. The second kappa shape index (κ2) is 4.01. The summed E-state index contributed by atoms with van der Waals surface area (Å²) >= 11 is 1.21. The lowest BCUT2D eigenvalue weighted by Crippen LogP contribution is -2.19. The van der Waals surface area contributed by atoms with Crippen molar-refractivity contribution in [3.63, 3.8) is 0 Å². The molecule has 1 aromatic rings. The molecule has 6 heteroatoms. The zero-order valence-corrected chi connectivity index (χ0v) is 8.82. The van der Waals surface area contributed by atoms with Crippen molar-refractivity contribution in [1.29, 1.82) is 0 Å². The first-order valence-electron chi connectivity index (χ1n) is 4.52. The number of alkyl halides is 3. The Balaban J connectivity index is 2.40. The molecule has 0 spiro atoms. The maximum Gasteiger partial charge on any atom is 0.573 e. The highest BCUT2D eigenvalue weighted by atomic mass is 32.2. The Bertz CT molecular complexity index is 429. The minimum atomic E-state index is -4.73. The van der Waals surface area contributed by atoms with Gasteiger partial charge in [-0.2, -0.15) is 0 Å². The molecule has 1 aromatic carbocycles. The van der Waals surface area contributed by atoms with E-state index < -0.39 is 6.36 Å². The van der Waals surface area contributed by atoms with E-state index in [0.29, 0.717) is 17.7 Å². The summed E-state index contributed by atoms with van der Waals surface area (Å²) in [6.45, 7) is 0. The van der Waals surface area contributed by atoms with Crippen LogP contribution in [0.5, 0.6) is 5.75 Å². The third-order valence-electron chi connectivity index (χ3n) is 2.08. The maximum absolute atomic E-state index is 12.1. The predicted octanol–water partition coefficient (Wildman–Crippen LogP) is 3.26. The first-order valence-corrected chi connectivity index (χ1v) is 5.51. The largest absolute Gasteiger partial charge is 0.573 e. The van der Waals surface area contributed by atoms with Crippen LogP contribution in [0.2, 0.25) is 0 Å². The van der Waals surface area contributed by atoms with Gasteiger partial charge in [0, 0.05) is 17.7 Å². The van der Waals surface area contributed by atoms with Crippen LogP contribution in [0.25, 0.3) is 0 Å². The number of hydrogen-bond donors (Lipinski definition) is 0. The Morgan fingerprint density at radius 3 is 2.75 bits per heavy atom. The SMILES string of the molecule is O=C1CCSc2c(OC(F)(F)F)cccc21. The van der Waals surface area contributed by atoms with E-state index in [4.69, 9.17) is 0 Å². The van der Waals surface area contributed by atoms with Crippen LogP contribution in [0.1, 0.15) is 16.8 Å². The molecular weight excluding hydrogens is 241 g/mol. The highest BCUT2D eigenvalue weighted by molar-refractivity contribution is 7.99. The van der Waals surface area contributed by atoms with Gasteiger partial charge >= 0.3 is 6.36 Å². The molecule has 0 N–H and O–H groups in total. The first-order chi connectivity index (χ1) is 7.47. The summed E-state index contributed by atoms with van der Waals surface area (Å²) in [5, 5.41) is 0. The lowest BCUT2D eigenvalue weighted by Gasteiger charge is -2.18. The smallest absolute Gasteiger partial charge is 0.405 e. The van der Waals surface area contributed by atoms with Gasteiger partial charge in [0.1, 0.15) is 5.75 Å². The Morgan fingerprint density at radius 1 is 1.31 bits per heavy atom. The van der Waals surface area contributed by atoms with E-state index in [1.807, 2.05) is 0 Å². The molecule has 0 fully saturated rings. The van der Waals surface area contributed by atoms with Crippen LogP contribution in [-0.4, -0.2) is 17.9 Å². The van der Waals surface area contributed by atoms with Gasteiger partial charge in [-0.15, -0.1) is 24.9 Å². The van der Waals surface area contributed by atoms with Crippen LogP contribution in [0.15, 0.2) is 23.1 Å². The number of fused-ring (bicyclic) bond motifs is 1. The Hall–Kier alpha value is -1.17. The van der Waals surface area contributed by atoms with Crippen molar-refractivity contribution in [1.82, 2.24) is 0 Å². The van der Waals surface area contributed by atoms with Crippen LogP contribution in [0, 0.1) is 0 Å². The fraction of sp³-hybridized carbons (Fsp3) is 0.300. The van der Waals surface area contributed by atoms with Crippen molar-refractivity contribution in [3.05, 3.63) is 23.8 Å². The van der Waals surface area contributed by atoms with Gasteiger partial charge in [0.05, 0.1) is 4.90 Å². The fourth-order valence-electron chi connectivity index (χ4n) is 1.47. The third kappa shape index (κ3) is 2.32. The van der Waals surface area contributed by atoms with E-state index in [0.717, 1.165) is 0 Å². The number of Topliss-reactive ketones (excluding diaryl/α,β-unsaturated/α-hetero) is 1. The van der Waals surface area contributed by atoms with Crippen LogP contribution in [-0.2, 0) is 0 Å². The fourth-order valence-corrected chi connectivity index (χ4v) is 2.55. The van der Waals surface area contributed by atoms with E-state index in [2.05, 4.69) is 4.74 Å². The molecule has 2 nitrogen and oxygen atoms in total. The topological polar surface area (TPSA) is 26.3 Å². The second-order valence-electron chi connectivity index (χ2n) is 3.20. The molecule has 1 aliphatic rings. The van der Waals surface area contributed by atoms with Crippen LogP contribution in [0.4, 0.5) is 13.2 Å². The number of benzene rings is 1. The van der Waals surface area contributed by atoms with Gasteiger partial charge in [-0.1, -0.05) is 12.1 Å². The van der Waals surface area contributed by atoms with Gasteiger partial charge in [-0.3, -0.25) is 4.79 Å². The quantitative estimate of drug-likeness (QED) is 0.763. The van der Waals surface area contributed by atoms with Crippen molar-refractivity contribution in [2.24, 2.45) is 0 Å². The van der Waals surface area contributed by atoms with E-state index in [1.54, 1.807) is 0 Å². The molecule has 0 radical (unpaired) electrons. The van der Waals surface area contributed by atoms with Crippen LogP contribution < -0.4 is 4.74 Å². The summed E-state index contributed by atoms with van der Waals surface area (Å²) in [4.78, 5) is 11.7. The molecule has 0 amide bonds. The van der Waals surface area contributed by atoms with Crippen molar-refractivity contribution in [2.75, 3.05) is 5.75 Å². The lowest BCUT2D eigenvalue weighted by molar-refractivity contribution is -0.275. The average Bonchev–Trinajstić information content (AvgIpc) is 2.17. The van der Waals surface area contributed by atoms with E-state index in [-0.39, 0.29) is 16.4 Å². The summed E-state index contributed by atoms with van der Waals surface area (Å²) in [5.74, 6) is 0.0637. The van der Waals surface area contributed by atoms with E-state index >= 15 is 0 Å². The highest BCUT2D eigenvalue weighted by Gasteiger charge is 2.33. The number of ether oxygens (including phenoxy) is 1. The van der Waals surface area contributed by atoms with Crippen molar-refractivity contribution < 1.29 is 22.7 Å². The number of hydrogen-bond acceptors (Lipinski definition) is 3. The lowest BCUT2D eigenvalue weighted by atomic mass is 10.1. The number of halogens is 3. The third-order valence-corrected chi connectivity index (χ3v) is 3.20. The van der Waals surface area contributed by atoms with Gasteiger partial charge < -0.3 is 4.74 Å². The molecule has 0 saturated carbocycles. The monoisotopic (exact) mass is 248 g/mol. The number of rotatable bonds is 1. The van der Waals surface area contributed by atoms with Gasteiger partial charge in [0.2, 0.25) is 0 Å². The van der Waals surface area contributed by atoms with Crippen molar-refractivity contribution >= 4 is 17.5 Å². The molecular formula is C10H7F3O2S. The molecule has 0 atom stereocenters. The Kier molecular flexibility index (Phi) is 2.84. The van der Waals surface area contributed by atoms with Gasteiger partial charge in [0.25, 0.3) is 0 Å². The number of thioether (sulfide) groups is 1. The standard InChI is InChI=1S/C10H7F3O2S/c11-10(12,13)15-8-3-1-2-6-7(14)4-5-16-9(6)8/h1-3H,4-5H2. The Labute approximate surface area is 93.8 Å². The number of carbonyl (C=O) groups excluding carboxylic acids is 1. The minimum absolute atomic E-state index is 0.138. The second-order valence-corrected chi connectivity index (χ2v) is 4.31. The molecule has 0 aliphatic carbocycles. The summed E-state index contributed by atoms with van der Waals surface area (Å²) in [7, 11) is 0. The van der Waals surface area contributed by atoms with Crippen LogP contribution >= 0.6 is 11.8 Å². The molecule has 0 aromatic heterocycles. The van der Waals surface area contributed by atoms with Crippen molar-refractivity contribution in [2.45, 2.75) is 17.7 Å². The van der Waals surface area contributed by atoms with Gasteiger partial charge in [0.15, 0.2) is 5.78 Å². The van der Waals surface area contributed by atoms with Crippen LogP contribution in [0.3, 0.4) is 0 Å². The zero-order chi connectivity index (χ0) is 11.8. The molecule has 2 rings (SSSR count). The molecule has 16 heavy (non-hydrogen) atoms. The molecule has 86 valence electrons. The van der Waals surface area contributed by atoms with Crippen molar-refractivity contribution in [3.8, 4) is 5.75 Å². The molecule has 0 unspecified atom stereocenters. The summed E-state index contributed by atoms with van der Waals surface area (Å²) in [6.07, 6.45) is -4.37. The van der Waals surface area contributed by atoms with Gasteiger partial charge in [-0.05, 0) is 6.07 Å². The average molecular weight is 248 g/mol. The van der Waals surface area contributed by atoms with Gasteiger partial charge in [-0.25, -0.2) is 0 Å². The number of ketones is 1. The Morgan fingerprint density at radius 2 is 2.06 bits per heavy atom. The summed E-state index contributed by atoms with van der Waals surface area (Å²) in [6, 6.07) is 4.13. The normalized spacial score (nSPS) is 15.8. The molecule has 0 bridgehead atoms. The van der Waals surface area contributed by atoms with E-state index in [9.17, 15) is 18.0 Å².